The molecule has 2 heterocycles. The number of nitrogens with one attached hydrogen (secondary N) is 1. The first-order chi connectivity index (χ1) is 9.96. The molecule has 0 aliphatic heterocycles. The summed E-state index contributed by atoms with van der Waals surface area (Å²) in [5.74, 6) is 0.313. The molecule has 0 bridgehead atoms. The first-order valence-corrected chi connectivity index (χ1v) is 8.30. The average Bonchev–Trinajstić information content (AvgIpc) is 2.83. The molecule has 0 aromatic carbocycles. The Hall–Kier alpha value is -1.86. The number of pyridine rings is 1. The first-order valence-electron chi connectivity index (χ1n) is 6.82. The van der Waals surface area contributed by atoms with Gasteiger partial charge in [-0.25, -0.2) is 13.4 Å². The molecule has 2 rings (SSSR count). The van der Waals surface area contributed by atoms with Crippen LogP contribution < -0.4 is 10.5 Å². The van der Waals surface area contributed by atoms with Crippen molar-refractivity contribution in [2.75, 3.05) is 4.72 Å². The highest BCUT2D eigenvalue weighted by Crippen LogP contribution is 2.18. The molecular weight excluding hydrogens is 288 g/mol. The monoisotopic (exact) mass is 308 g/mol. The largest absolute Gasteiger partial charge is 0.349 e. The van der Waals surface area contributed by atoms with Crippen molar-refractivity contribution in [3.63, 3.8) is 0 Å². The van der Waals surface area contributed by atoms with Crippen molar-refractivity contribution in [1.82, 2.24) is 9.55 Å². The highest BCUT2D eigenvalue weighted by molar-refractivity contribution is 7.92. The van der Waals surface area contributed by atoms with E-state index in [1.165, 1.54) is 0 Å². The minimum Gasteiger partial charge on any atom is -0.349 e. The zero-order valence-electron chi connectivity index (χ0n) is 12.2. The maximum absolute atomic E-state index is 12.4. The lowest BCUT2D eigenvalue weighted by molar-refractivity contribution is 0.599. The second-order valence-corrected chi connectivity index (χ2v) is 6.52. The number of aromatic nitrogens is 2. The van der Waals surface area contributed by atoms with Crippen LogP contribution in [0.15, 0.2) is 35.4 Å². The van der Waals surface area contributed by atoms with Gasteiger partial charge in [0.2, 0.25) is 0 Å². The van der Waals surface area contributed by atoms with Crippen LogP contribution in [0.3, 0.4) is 0 Å². The summed E-state index contributed by atoms with van der Waals surface area (Å²) >= 11 is 0. The predicted molar refractivity (Wildman–Crippen MR) is 82.4 cm³/mol. The van der Waals surface area contributed by atoms with E-state index in [1.807, 2.05) is 24.5 Å². The summed E-state index contributed by atoms with van der Waals surface area (Å²) in [6, 6.07) is 6.79. The first kappa shape index (κ1) is 15.5. The Labute approximate surface area is 125 Å². The van der Waals surface area contributed by atoms with Crippen LogP contribution in [0.5, 0.6) is 0 Å². The van der Waals surface area contributed by atoms with E-state index in [9.17, 15) is 8.42 Å². The van der Waals surface area contributed by atoms with E-state index in [1.54, 1.807) is 24.4 Å². The van der Waals surface area contributed by atoms with Crippen molar-refractivity contribution in [3.05, 3.63) is 41.9 Å². The molecule has 0 saturated carbocycles. The van der Waals surface area contributed by atoms with Gasteiger partial charge in [0.05, 0.1) is 0 Å². The molecule has 0 spiro atoms. The van der Waals surface area contributed by atoms with Gasteiger partial charge in [-0.1, -0.05) is 13.0 Å². The number of nitrogens with zero attached hydrogens (tertiary/aromatic N) is 2. The standard InChI is InChI=1S/C14H20N4O2S/c1-3-7-18-10-13(8-12(18)9-15)21(19,20)17-14-6-4-5-11(2)16-14/h4-6,8,10H,3,7,9,15H2,1-2H3,(H,16,17). The highest BCUT2D eigenvalue weighted by atomic mass is 32.2. The van der Waals surface area contributed by atoms with E-state index in [0.29, 0.717) is 12.4 Å². The zero-order valence-corrected chi connectivity index (χ0v) is 13.0. The maximum atomic E-state index is 12.4. The van der Waals surface area contributed by atoms with Crippen LogP contribution in [0.1, 0.15) is 24.7 Å². The lowest BCUT2D eigenvalue weighted by atomic mass is 10.4. The molecule has 0 amide bonds. The summed E-state index contributed by atoms with van der Waals surface area (Å²) in [6.45, 7) is 4.88. The van der Waals surface area contributed by atoms with Crippen LogP contribution in [0.2, 0.25) is 0 Å². The second-order valence-electron chi connectivity index (χ2n) is 4.83. The van der Waals surface area contributed by atoms with Crippen LogP contribution >= 0.6 is 0 Å². The third-order valence-electron chi connectivity index (χ3n) is 3.07. The van der Waals surface area contributed by atoms with E-state index in [-0.39, 0.29) is 4.90 Å². The summed E-state index contributed by atoms with van der Waals surface area (Å²) in [5, 5.41) is 0. The molecule has 2 aromatic heterocycles. The Balaban J connectivity index is 2.31. The summed E-state index contributed by atoms with van der Waals surface area (Å²) in [4.78, 5) is 4.36. The van der Waals surface area contributed by atoms with Gasteiger partial charge in [0.1, 0.15) is 10.7 Å². The van der Waals surface area contributed by atoms with Gasteiger partial charge in [-0.3, -0.25) is 4.72 Å². The molecule has 6 nitrogen and oxygen atoms in total. The van der Waals surface area contributed by atoms with Gasteiger partial charge >= 0.3 is 0 Å². The fourth-order valence-electron chi connectivity index (χ4n) is 2.09. The van der Waals surface area contributed by atoms with Gasteiger partial charge in [-0.2, -0.15) is 0 Å². The second kappa shape index (κ2) is 6.28. The molecule has 0 aliphatic carbocycles. The van der Waals surface area contributed by atoms with Crippen molar-refractivity contribution in [2.45, 2.75) is 38.3 Å². The molecule has 0 radical (unpaired) electrons. The van der Waals surface area contributed by atoms with Gasteiger partial charge in [-0.05, 0) is 31.5 Å². The molecule has 0 atom stereocenters. The number of sulfonamides is 1. The number of anilines is 1. The van der Waals surface area contributed by atoms with Crippen LogP contribution in [0, 0.1) is 6.92 Å². The van der Waals surface area contributed by atoms with E-state index in [4.69, 9.17) is 5.73 Å². The third-order valence-corrected chi connectivity index (χ3v) is 4.39. The minimum absolute atomic E-state index is 0.208. The van der Waals surface area contributed by atoms with Crippen molar-refractivity contribution >= 4 is 15.8 Å². The Morgan fingerprint density at radius 3 is 2.76 bits per heavy atom. The van der Waals surface area contributed by atoms with Gasteiger partial charge in [0.15, 0.2) is 0 Å². The summed E-state index contributed by atoms with van der Waals surface area (Å²) in [6.07, 6.45) is 2.53. The van der Waals surface area contributed by atoms with E-state index in [0.717, 1.165) is 24.4 Å². The number of aryl methyl sites for hydroxylation is 2. The molecular formula is C14H20N4O2S. The van der Waals surface area contributed by atoms with E-state index < -0.39 is 10.0 Å². The fourth-order valence-corrected chi connectivity index (χ4v) is 3.15. The molecule has 114 valence electrons. The molecule has 0 aliphatic rings. The number of rotatable bonds is 6. The van der Waals surface area contributed by atoms with Gasteiger partial charge < -0.3 is 10.3 Å². The Kier molecular flexibility index (Phi) is 4.64. The quantitative estimate of drug-likeness (QED) is 0.852. The van der Waals surface area contributed by atoms with Crippen molar-refractivity contribution in [3.8, 4) is 0 Å². The van der Waals surface area contributed by atoms with Crippen molar-refractivity contribution < 1.29 is 8.42 Å². The van der Waals surface area contributed by atoms with Crippen LogP contribution in [-0.4, -0.2) is 18.0 Å². The van der Waals surface area contributed by atoms with E-state index in [2.05, 4.69) is 9.71 Å². The minimum atomic E-state index is -3.65. The van der Waals surface area contributed by atoms with Gasteiger partial charge in [0.25, 0.3) is 10.0 Å². The predicted octanol–water partition coefficient (Wildman–Crippen LogP) is 1.86. The molecule has 0 saturated heterocycles. The summed E-state index contributed by atoms with van der Waals surface area (Å²) in [5.41, 5.74) is 7.21. The van der Waals surface area contributed by atoms with Crippen LogP contribution in [-0.2, 0) is 23.1 Å². The average molecular weight is 308 g/mol. The van der Waals surface area contributed by atoms with Crippen LogP contribution in [0.25, 0.3) is 0 Å². The smallest absolute Gasteiger partial charge is 0.264 e. The zero-order chi connectivity index (χ0) is 15.5. The van der Waals surface area contributed by atoms with Gasteiger partial charge in [0, 0.05) is 30.7 Å². The number of nitrogens with two attached hydrogens (primary N) is 1. The van der Waals surface area contributed by atoms with Crippen molar-refractivity contribution in [2.24, 2.45) is 5.73 Å². The van der Waals surface area contributed by atoms with Crippen LogP contribution in [0.4, 0.5) is 5.82 Å². The molecule has 0 unspecified atom stereocenters. The molecule has 0 fully saturated rings. The lowest BCUT2D eigenvalue weighted by Gasteiger charge is -2.06. The summed E-state index contributed by atoms with van der Waals surface area (Å²) in [7, 11) is -3.65. The van der Waals surface area contributed by atoms with E-state index >= 15 is 0 Å². The maximum Gasteiger partial charge on any atom is 0.264 e. The Bertz CT molecular complexity index is 722. The SMILES string of the molecule is CCCn1cc(S(=O)(=O)Nc2cccc(C)n2)cc1CN. The molecule has 21 heavy (non-hydrogen) atoms. The highest BCUT2D eigenvalue weighted by Gasteiger charge is 2.18. The van der Waals surface area contributed by atoms with Gasteiger partial charge in [-0.15, -0.1) is 0 Å². The Morgan fingerprint density at radius 1 is 1.38 bits per heavy atom. The third kappa shape index (κ3) is 3.62. The number of hydrogen-bond donors (Lipinski definition) is 2. The summed E-state index contributed by atoms with van der Waals surface area (Å²) < 4.78 is 29.1. The number of hydrogen-bond acceptors (Lipinski definition) is 4. The molecule has 7 heteroatoms. The fraction of sp³-hybridized carbons (Fsp3) is 0.357. The topological polar surface area (TPSA) is 90.0 Å². The normalized spacial score (nSPS) is 11.6. The Morgan fingerprint density at radius 2 is 2.14 bits per heavy atom. The molecule has 3 N–H and O–H groups in total. The molecule has 2 aromatic rings. The lowest BCUT2D eigenvalue weighted by Crippen LogP contribution is -2.13. The van der Waals surface area contributed by atoms with Crippen molar-refractivity contribution in [1.29, 1.82) is 0 Å².